The van der Waals surface area contributed by atoms with Crippen molar-refractivity contribution in [2.45, 2.75) is 13.1 Å². The first-order valence-electron chi connectivity index (χ1n) is 11.7. The number of nitrogens with zero attached hydrogens (tertiary/aromatic N) is 2. The van der Waals surface area contributed by atoms with Crippen LogP contribution in [0.15, 0.2) is 96.0 Å². The fourth-order valence-corrected chi connectivity index (χ4v) is 5.95. The van der Waals surface area contributed by atoms with Crippen LogP contribution in [0.3, 0.4) is 0 Å². The van der Waals surface area contributed by atoms with Crippen molar-refractivity contribution in [3.8, 4) is 0 Å². The summed E-state index contributed by atoms with van der Waals surface area (Å²) in [6.45, 7) is 0.789. The van der Waals surface area contributed by atoms with Gasteiger partial charge >= 0.3 is 0 Å². The minimum atomic E-state index is -0.327. The maximum Gasteiger partial charge on any atom is 0.293 e. The predicted molar refractivity (Wildman–Crippen MR) is 153 cm³/mol. The van der Waals surface area contributed by atoms with Gasteiger partial charge in [0.1, 0.15) is 0 Å². The van der Waals surface area contributed by atoms with Crippen molar-refractivity contribution < 1.29 is 9.59 Å². The SMILES string of the molecule is O=C1S/C(=C\c2cn(Cc3ccc4ccccc4c3)c3ccccc23)C(=O)N1Cc1ccc(Cl)cc1Cl. The lowest BCUT2D eigenvalue weighted by Gasteiger charge is -2.13. The summed E-state index contributed by atoms with van der Waals surface area (Å²) in [5.41, 5.74) is 3.81. The molecular formula is C30H20Cl2N2O2S. The van der Waals surface area contributed by atoms with Crippen molar-refractivity contribution in [2.24, 2.45) is 0 Å². The summed E-state index contributed by atoms with van der Waals surface area (Å²) in [4.78, 5) is 27.6. The van der Waals surface area contributed by atoms with E-state index in [2.05, 4.69) is 41.0 Å². The zero-order valence-electron chi connectivity index (χ0n) is 19.5. The molecule has 1 fully saturated rings. The third-order valence-corrected chi connectivity index (χ3v) is 7.98. The van der Waals surface area contributed by atoms with Gasteiger partial charge in [0.2, 0.25) is 0 Å². The molecule has 1 saturated heterocycles. The molecule has 7 heteroatoms. The minimum absolute atomic E-state index is 0.0989. The van der Waals surface area contributed by atoms with Crippen molar-refractivity contribution in [1.82, 2.24) is 9.47 Å². The molecule has 6 rings (SSSR count). The molecular weight excluding hydrogens is 523 g/mol. The molecule has 4 nitrogen and oxygen atoms in total. The van der Waals surface area contributed by atoms with Gasteiger partial charge < -0.3 is 4.57 Å². The molecule has 2 heterocycles. The second kappa shape index (κ2) is 9.75. The normalized spacial score (nSPS) is 15.0. The van der Waals surface area contributed by atoms with Gasteiger partial charge in [-0.2, -0.15) is 0 Å². The number of hydrogen-bond acceptors (Lipinski definition) is 3. The highest BCUT2D eigenvalue weighted by Crippen LogP contribution is 2.36. The Morgan fingerprint density at radius 3 is 2.43 bits per heavy atom. The van der Waals surface area contributed by atoms with Crippen molar-refractivity contribution in [1.29, 1.82) is 0 Å². The number of carbonyl (C=O) groups excluding carboxylic acids is 2. The van der Waals surface area contributed by atoms with Crippen LogP contribution < -0.4 is 0 Å². The van der Waals surface area contributed by atoms with E-state index in [-0.39, 0.29) is 17.7 Å². The van der Waals surface area contributed by atoms with Crippen LogP contribution in [0.4, 0.5) is 4.79 Å². The van der Waals surface area contributed by atoms with E-state index in [1.54, 1.807) is 18.2 Å². The van der Waals surface area contributed by atoms with Crippen LogP contribution >= 0.6 is 35.0 Å². The van der Waals surface area contributed by atoms with Crippen molar-refractivity contribution in [3.63, 3.8) is 0 Å². The van der Waals surface area contributed by atoms with Gasteiger partial charge in [-0.3, -0.25) is 14.5 Å². The molecule has 0 N–H and O–H groups in total. The Morgan fingerprint density at radius 1 is 0.811 bits per heavy atom. The standard InChI is InChI=1S/C30H20Cl2N2O2S/c31-24-12-11-22(26(32)15-24)18-34-29(35)28(37-30(34)36)14-23-17-33(27-8-4-3-7-25(23)27)16-19-9-10-20-5-1-2-6-21(20)13-19/h1-15,17H,16,18H2/b28-14-. The summed E-state index contributed by atoms with van der Waals surface area (Å²) in [6, 6.07) is 27.9. The van der Waals surface area contributed by atoms with Crippen LogP contribution in [0.2, 0.25) is 10.0 Å². The van der Waals surface area contributed by atoms with Gasteiger partial charge in [0.05, 0.1) is 11.4 Å². The first kappa shape index (κ1) is 23.9. The van der Waals surface area contributed by atoms with E-state index in [9.17, 15) is 9.59 Å². The van der Waals surface area contributed by atoms with E-state index in [0.29, 0.717) is 27.1 Å². The molecule has 4 aromatic carbocycles. The lowest BCUT2D eigenvalue weighted by molar-refractivity contribution is -0.123. The molecule has 0 atom stereocenters. The monoisotopic (exact) mass is 542 g/mol. The Morgan fingerprint density at radius 2 is 1.59 bits per heavy atom. The number of imide groups is 1. The maximum absolute atomic E-state index is 13.2. The number of carbonyl (C=O) groups is 2. The van der Waals surface area contributed by atoms with E-state index in [1.165, 1.54) is 21.2 Å². The van der Waals surface area contributed by atoms with Gasteiger partial charge in [0.25, 0.3) is 11.1 Å². The smallest absolute Gasteiger partial charge is 0.293 e. The summed E-state index contributed by atoms with van der Waals surface area (Å²) < 4.78 is 2.18. The second-order valence-corrected chi connectivity index (χ2v) is 10.8. The summed E-state index contributed by atoms with van der Waals surface area (Å²) >= 11 is 13.2. The number of fused-ring (bicyclic) bond motifs is 2. The van der Waals surface area contributed by atoms with Crippen LogP contribution in [-0.2, 0) is 17.9 Å². The quantitative estimate of drug-likeness (QED) is 0.209. The van der Waals surface area contributed by atoms with Gasteiger partial charge in [-0.15, -0.1) is 0 Å². The number of halogens is 2. The highest BCUT2D eigenvalue weighted by atomic mass is 35.5. The number of hydrogen-bond donors (Lipinski definition) is 0. The third-order valence-electron chi connectivity index (χ3n) is 6.49. The third kappa shape index (κ3) is 4.66. The zero-order chi connectivity index (χ0) is 25.5. The topological polar surface area (TPSA) is 42.3 Å². The Balaban J connectivity index is 1.31. The molecule has 0 aliphatic carbocycles. The van der Waals surface area contributed by atoms with Crippen molar-refractivity contribution >= 4 is 73.9 Å². The Hall–Kier alpha value is -3.51. The van der Waals surface area contributed by atoms with Crippen LogP contribution in [0, 0.1) is 0 Å². The lowest BCUT2D eigenvalue weighted by atomic mass is 10.1. The van der Waals surface area contributed by atoms with Gasteiger partial charge in [0, 0.05) is 39.3 Å². The van der Waals surface area contributed by atoms with E-state index in [0.717, 1.165) is 28.2 Å². The highest BCUT2D eigenvalue weighted by molar-refractivity contribution is 8.18. The molecule has 2 amide bonds. The largest absolute Gasteiger partial charge is 0.342 e. The Bertz CT molecular complexity index is 1740. The van der Waals surface area contributed by atoms with Crippen LogP contribution in [0.1, 0.15) is 16.7 Å². The van der Waals surface area contributed by atoms with Crippen LogP contribution in [0.5, 0.6) is 0 Å². The number of rotatable bonds is 5. The van der Waals surface area contributed by atoms with Gasteiger partial charge in [-0.25, -0.2) is 0 Å². The number of aromatic nitrogens is 1. The van der Waals surface area contributed by atoms with Gasteiger partial charge in [-0.05, 0) is 64.0 Å². The molecule has 0 bridgehead atoms. The number of amides is 2. The molecule has 1 aliphatic heterocycles. The van der Waals surface area contributed by atoms with E-state index < -0.39 is 0 Å². The highest BCUT2D eigenvalue weighted by Gasteiger charge is 2.35. The number of benzene rings is 4. The first-order chi connectivity index (χ1) is 18.0. The Labute approximate surface area is 228 Å². The lowest BCUT2D eigenvalue weighted by Crippen LogP contribution is -2.27. The fraction of sp³-hybridized carbons (Fsp3) is 0.0667. The molecule has 37 heavy (non-hydrogen) atoms. The predicted octanol–water partition coefficient (Wildman–Crippen LogP) is 8.39. The molecule has 1 aromatic heterocycles. The fourth-order valence-electron chi connectivity index (χ4n) is 4.65. The second-order valence-electron chi connectivity index (χ2n) is 8.91. The maximum atomic E-state index is 13.2. The molecule has 0 spiro atoms. The summed E-state index contributed by atoms with van der Waals surface area (Å²) in [7, 11) is 0. The summed E-state index contributed by atoms with van der Waals surface area (Å²) in [6.07, 6.45) is 3.86. The Kier molecular flexibility index (Phi) is 6.29. The average molecular weight is 543 g/mol. The minimum Gasteiger partial charge on any atom is -0.342 e. The van der Waals surface area contributed by atoms with E-state index in [1.807, 2.05) is 42.6 Å². The summed E-state index contributed by atoms with van der Waals surface area (Å²) in [5, 5.41) is 4.04. The first-order valence-corrected chi connectivity index (χ1v) is 13.3. The van der Waals surface area contributed by atoms with Gasteiger partial charge in [-0.1, -0.05) is 83.9 Å². The zero-order valence-corrected chi connectivity index (χ0v) is 21.9. The van der Waals surface area contributed by atoms with Crippen LogP contribution in [0.25, 0.3) is 27.8 Å². The number of para-hydroxylation sites is 1. The number of thioether (sulfide) groups is 1. The molecule has 182 valence electrons. The van der Waals surface area contributed by atoms with Crippen LogP contribution in [-0.4, -0.2) is 20.6 Å². The molecule has 0 radical (unpaired) electrons. The molecule has 5 aromatic rings. The van der Waals surface area contributed by atoms with E-state index in [4.69, 9.17) is 23.2 Å². The molecule has 0 saturated carbocycles. The molecule has 1 aliphatic rings. The van der Waals surface area contributed by atoms with Gasteiger partial charge in [0.15, 0.2) is 0 Å². The average Bonchev–Trinajstić information content (AvgIpc) is 3.37. The van der Waals surface area contributed by atoms with Crippen molar-refractivity contribution in [2.75, 3.05) is 0 Å². The van der Waals surface area contributed by atoms with Crippen molar-refractivity contribution in [3.05, 3.63) is 123 Å². The summed E-state index contributed by atoms with van der Waals surface area (Å²) in [5.74, 6) is -0.327. The molecule has 0 unspecified atom stereocenters. The van der Waals surface area contributed by atoms with E-state index >= 15 is 0 Å².